The summed E-state index contributed by atoms with van der Waals surface area (Å²) in [6.07, 6.45) is 2.68. The van der Waals surface area contributed by atoms with E-state index in [0.717, 1.165) is 25.8 Å². The van der Waals surface area contributed by atoms with Gasteiger partial charge in [-0.15, -0.1) is 0 Å². The molecule has 0 aromatic heterocycles. The molecule has 1 unspecified atom stereocenters. The Morgan fingerprint density at radius 1 is 0.679 bits per heavy atom. The fraction of sp³-hybridized carbons (Fsp3) is 0.231. The van der Waals surface area contributed by atoms with E-state index in [2.05, 4.69) is 89.8 Å². The lowest BCUT2D eigenvalue weighted by atomic mass is 9.91. The molecule has 0 amide bonds. The summed E-state index contributed by atoms with van der Waals surface area (Å²) >= 11 is 0. The van der Waals surface area contributed by atoms with Crippen molar-refractivity contribution < 1.29 is 5.11 Å². The van der Waals surface area contributed by atoms with Gasteiger partial charge in [0.05, 0.1) is 6.04 Å². The monoisotopic (exact) mass is 367 g/mol. The normalized spacial score (nSPS) is 18.1. The van der Waals surface area contributed by atoms with E-state index in [1.807, 2.05) is 0 Å². The molecule has 5 rings (SSSR count). The van der Waals surface area contributed by atoms with Crippen molar-refractivity contribution in [1.29, 1.82) is 0 Å². The molecule has 1 atom stereocenters. The van der Waals surface area contributed by atoms with E-state index >= 15 is 0 Å². The molecule has 1 heterocycles. The van der Waals surface area contributed by atoms with Crippen molar-refractivity contribution in [2.45, 2.75) is 31.5 Å². The molecule has 0 spiro atoms. The number of likely N-dealkylation sites (tertiary alicyclic amines) is 1. The zero-order valence-electron chi connectivity index (χ0n) is 16.0. The largest absolute Gasteiger partial charge is 0.378 e. The van der Waals surface area contributed by atoms with Crippen molar-refractivity contribution in [2.24, 2.45) is 0 Å². The van der Waals surface area contributed by atoms with Crippen LogP contribution >= 0.6 is 0 Å². The van der Waals surface area contributed by atoms with E-state index in [0.29, 0.717) is 0 Å². The van der Waals surface area contributed by atoms with Gasteiger partial charge in [0.15, 0.2) is 0 Å². The molecule has 0 radical (unpaired) electrons. The minimum Gasteiger partial charge on any atom is -0.378 e. The van der Waals surface area contributed by atoms with E-state index < -0.39 is 6.23 Å². The average Bonchev–Trinajstić information content (AvgIpc) is 2.75. The number of aliphatic hydroxyl groups excluding tert-OH is 1. The number of fused-ring (bicyclic) bond motifs is 2. The highest BCUT2D eigenvalue weighted by atomic mass is 16.3. The van der Waals surface area contributed by atoms with Crippen LogP contribution in [0.25, 0.3) is 21.5 Å². The Balaban J connectivity index is 1.66. The highest BCUT2D eigenvalue weighted by molar-refractivity contribution is 5.84. The number of rotatable bonds is 3. The Kier molecular flexibility index (Phi) is 4.59. The predicted molar refractivity (Wildman–Crippen MR) is 116 cm³/mol. The maximum atomic E-state index is 10.8. The van der Waals surface area contributed by atoms with Crippen molar-refractivity contribution in [3.63, 3.8) is 0 Å². The van der Waals surface area contributed by atoms with Crippen LogP contribution in [-0.2, 0) is 0 Å². The molecular formula is C26H25NO. The standard InChI is InChI=1S/C26H25NO/c28-25-11-5-6-16-27(25)26(23-14-12-19-7-1-3-9-21(19)17-23)24-15-13-20-8-2-4-10-22(20)18-24/h1-4,7-10,12-15,17-18,25-26,28H,5-6,11,16H2. The summed E-state index contributed by atoms with van der Waals surface area (Å²) in [7, 11) is 0. The Morgan fingerprint density at radius 2 is 1.21 bits per heavy atom. The van der Waals surface area contributed by atoms with Crippen LogP contribution in [0, 0.1) is 0 Å². The van der Waals surface area contributed by atoms with E-state index in [9.17, 15) is 5.11 Å². The molecule has 1 aliphatic rings. The van der Waals surface area contributed by atoms with E-state index in [-0.39, 0.29) is 6.04 Å². The van der Waals surface area contributed by atoms with E-state index in [1.165, 1.54) is 32.7 Å². The topological polar surface area (TPSA) is 23.5 Å². The fourth-order valence-electron chi connectivity index (χ4n) is 4.57. The molecule has 0 aliphatic carbocycles. The second-order valence-electron chi connectivity index (χ2n) is 7.83. The van der Waals surface area contributed by atoms with Crippen molar-refractivity contribution in [2.75, 3.05) is 6.54 Å². The number of hydrogen-bond acceptors (Lipinski definition) is 2. The van der Waals surface area contributed by atoms with Gasteiger partial charge < -0.3 is 5.11 Å². The van der Waals surface area contributed by atoms with Gasteiger partial charge in [0.1, 0.15) is 6.23 Å². The van der Waals surface area contributed by atoms with Gasteiger partial charge in [-0.3, -0.25) is 4.90 Å². The van der Waals surface area contributed by atoms with Gasteiger partial charge in [-0.05, 0) is 64.1 Å². The van der Waals surface area contributed by atoms with Crippen LogP contribution in [0.1, 0.15) is 36.4 Å². The minimum atomic E-state index is -0.392. The molecule has 1 saturated heterocycles. The third-order valence-corrected chi connectivity index (χ3v) is 6.02. The van der Waals surface area contributed by atoms with Gasteiger partial charge in [-0.25, -0.2) is 0 Å². The van der Waals surface area contributed by atoms with Gasteiger partial charge in [0, 0.05) is 6.54 Å². The predicted octanol–water partition coefficient (Wildman–Crippen LogP) is 5.89. The maximum absolute atomic E-state index is 10.8. The fourth-order valence-corrected chi connectivity index (χ4v) is 4.57. The Labute approximate surface area is 166 Å². The molecule has 140 valence electrons. The van der Waals surface area contributed by atoms with Crippen LogP contribution in [0.3, 0.4) is 0 Å². The summed E-state index contributed by atoms with van der Waals surface area (Å²) in [6, 6.07) is 30.5. The first-order chi connectivity index (χ1) is 13.8. The number of hydrogen-bond donors (Lipinski definition) is 1. The number of benzene rings is 4. The SMILES string of the molecule is OC1CCCCN1C(c1ccc2ccccc2c1)c1ccc2ccccc2c1. The average molecular weight is 367 g/mol. The lowest BCUT2D eigenvalue weighted by Gasteiger charge is -2.39. The molecule has 0 bridgehead atoms. The molecule has 28 heavy (non-hydrogen) atoms. The Hall–Kier alpha value is -2.68. The molecule has 1 fully saturated rings. The molecular weight excluding hydrogens is 342 g/mol. The zero-order valence-corrected chi connectivity index (χ0v) is 16.0. The summed E-state index contributed by atoms with van der Waals surface area (Å²) in [5.41, 5.74) is 2.49. The zero-order chi connectivity index (χ0) is 18.9. The summed E-state index contributed by atoms with van der Waals surface area (Å²) in [6.45, 7) is 0.922. The molecule has 4 aromatic rings. The third kappa shape index (κ3) is 3.19. The molecule has 0 saturated carbocycles. The molecule has 2 heteroatoms. The van der Waals surface area contributed by atoms with Crippen molar-refractivity contribution in [3.05, 3.63) is 96.1 Å². The summed E-state index contributed by atoms with van der Waals surface area (Å²) < 4.78 is 0. The van der Waals surface area contributed by atoms with E-state index in [1.54, 1.807) is 0 Å². The van der Waals surface area contributed by atoms with Crippen molar-refractivity contribution in [3.8, 4) is 0 Å². The highest BCUT2D eigenvalue weighted by Crippen LogP contribution is 2.36. The lowest BCUT2D eigenvalue weighted by molar-refractivity contribution is -0.0420. The number of nitrogens with zero attached hydrogens (tertiary/aromatic N) is 1. The first-order valence-corrected chi connectivity index (χ1v) is 10.2. The van der Waals surface area contributed by atoms with Gasteiger partial charge >= 0.3 is 0 Å². The van der Waals surface area contributed by atoms with Crippen LogP contribution in [0.2, 0.25) is 0 Å². The van der Waals surface area contributed by atoms with E-state index in [4.69, 9.17) is 0 Å². The maximum Gasteiger partial charge on any atom is 0.108 e. The van der Waals surface area contributed by atoms with Gasteiger partial charge in [-0.2, -0.15) is 0 Å². The molecule has 2 nitrogen and oxygen atoms in total. The first kappa shape index (κ1) is 17.4. The first-order valence-electron chi connectivity index (χ1n) is 10.2. The molecule has 4 aromatic carbocycles. The van der Waals surface area contributed by atoms with Crippen LogP contribution in [0.15, 0.2) is 84.9 Å². The van der Waals surface area contributed by atoms with Gasteiger partial charge in [-0.1, -0.05) is 72.8 Å². The second kappa shape index (κ2) is 7.38. The smallest absolute Gasteiger partial charge is 0.108 e. The third-order valence-electron chi connectivity index (χ3n) is 6.02. The van der Waals surface area contributed by atoms with Crippen molar-refractivity contribution in [1.82, 2.24) is 4.90 Å². The summed E-state index contributed by atoms with van der Waals surface area (Å²) in [5, 5.41) is 15.8. The van der Waals surface area contributed by atoms with Gasteiger partial charge in [0.25, 0.3) is 0 Å². The number of piperidine rings is 1. The summed E-state index contributed by atoms with van der Waals surface area (Å²) in [5.74, 6) is 0. The minimum absolute atomic E-state index is 0.0597. The van der Waals surface area contributed by atoms with Crippen LogP contribution in [0.4, 0.5) is 0 Å². The van der Waals surface area contributed by atoms with Crippen molar-refractivity contribution >= 4 is 21.5 Å². The van der Waals surface area contributed by atoms with Crippen LogP contribution in [-0.4, -0.2) is 22.8 Å². The molecule has 1 N–H and O–H groups in total. The summed E-state index contributed by atoms with van der Waals surface area (Å²) in [4.78, 5) is 2.28. The Bertz CT molecular complexity index is 1040. The van der Waals surface area contributed by atoms with Crippen LogP contribution < -0.4 is 0 Å². The number of aliphatic hydroxyl groups is 1. The molecule has 1 aliphatic heterocycles. The Morgan fingerprint density at radius 3 is 1.75 bits per heavy atom. The van der Waals surface area contributed by atoms with Gasteiger partial charge in [0.2, 0.25) is 0 Å². The lowest BCUT2D eigenvalue weighted by Crippen LogP contribution is -2.42. The highest BCUT2D eigenvalue weighted by Gasteiger charge is 2.30. The second-order valence-corrected chi connectivity index (χ2v) is 7.83. The quantitative estimate of drug-likeness (QED) is 0.488. The van der Waals surface area contributed by atoms with Crippen LogP contribution in [0.5, 0.6) is 0 Å².